The maximum Gasteiger partial charge on any atom is 0.325 e. The van der Waals surface area contributed by atoms with Crippen LogP contribution in [0.15, 0.2) is 45.7 Å². The van der Waals surface area contributed by atoms with Crippen LogP contribution in [0.4, 0.5) is 8.78 Å². The molecular weight excluding hydrogens is 414 g/mol. The van der Waals surface area contributed by atoms with Crippen LogP contribution in [0.25, 0.3) is 10.2 Å². The minimum Gasteiger partial charge on any atom is -0.497 e. The highest BCUT2D eigenvalue weighted by Gasteiger charge is 2.19. The van der Waals surface area contributed by atoms with Gasteiger partial charge in [0.05, 0.1) is 29.3 Å². The monoisotopic (exact) mass is 428 g/mol. The lowest BCUT2D eigenvalue weighted by atomic mass is 10.3. The summed E-state index contributed by atoms with van der Waals surface area (Å²) in [7, 11) is -1.61. The molecule has 0 atom stereocenters. The van der Waals surface area contributed by atoms with Crippen LogP contribution in [-0.4, -0.2) is 33.2 Å². The van der Waals surface area contributed by atoms with Crippen molar-refractivity contribution in [3.63, 3.8) is 0 Å². The van der Waals surface area contributed by atoms with Crippen molar-refractivity contribution >= 4 is 37.5 Å². The molecule has 0 N–H and O–H groups in total. The van der Waals surface area contributed by atoms with Gasteiger partial charge in [-0.25, -0.2) is 8.78 Å². The van der Waals surface area contributed by atoms with E-state index >= 15 is 0 Å². The van der Waals surface area contributed by atoms with Gasteiger partial charge in [-0.3, -0.25) is 4.79 Å². The van der Waals surface area contributed by atoms with Gasteiger partial charge < -0.3 is 14.0 Å². The lowest BCUT2D eigenvalue weighted by Crippen LogP contribution is -2.23. The zero-order chi connectivity index (χ0) is 20.5. The lowest BCUT2D eigenvalue weighted by molar-refractivity contribution is -0.141. The number of nitrogens with zero attached hydrogens (tertiary/aromatic N) is 2. The Labute approximate surface area is 162 Å². The molecule has 0 saturated heterocycles. The van der Waals surface area contributed by atoms with E-state index in [-0.39, 0.29) is 19.9 Å². The Hall–Kier alpha value is -2.79. The summed E-state index contributed by atoms with van der Waals surface area (Å²) in [6.07, 6.45) is 0. The van der Waals surface area contributed by atoms with E-state index in [0.29, 0.717) is 11.8 Å². The number of methoxy groups -OCH3 is 2. The Morgan fingerprint density at radius 3 is 2.46 bits per heavy atom. The van der Waals surface area contributed by atoms with E-state index in [1.807, 2.05) is 0 Å². The number of carbonyl (C=O) groups is 1. The van der Waals surface area contributed by atoms with Crippen LogP contribution in [0.1, 0.15) is 0 Å². The molecule has 28 heavy (non-hydrogen) atoms. The molecular formula is C17H14F2N2O5S2. The van der Waals surface area contributed by atoms with Gasteiger partial charge in [0, 0.05) is 6.07 Å². The molecule has 0 bridgehead atoms. The van der Waals surface area contributed by atoms with E-state index in [0.717, 1.165) is 29.1 Å². The molecule has 0 fully saturated rings. The van der Waals surface area contributed by atoms with Crippen LogP contribution in [-0.2, 0) is 26.1 Å². The Balaban J connectivity index is 2.23. The first-order chi connectivity index (χ1) is 13.2. The summed E-state index contributed by atoms with van der Waals surface area (Å²) in [5, 5.41) is 0. The number of esters is 1. The van der Waals surface area contributed by atoms with E-state index in [2.05, 4.69) is 9.13 Å². The van der Waals surface area contributed by atoms with Crippen LogP contribution in [0, 0.1) is 11.6 Å². The molecule has 1 heterocycles. The first-order valence-corrected chi connectivity index (χ1v) is 10.0. The molecule has 11 heteroatoms. The predicted molar refractivity (Wildman–Crippen MR) is 97.5 cm³/mol. The summed E-state index contributed by atoms with van der Waals surface area (Å²) in [6, 6.07) is 7.18. The van der Waals surface area contributed by atoms with E-state index in [4.69, 9.17) is 4.74 Å². The minimum atomic E-state index is -4.18. The van der Waals surface area contributed by atoms with E-state index in [1.54, 1.807) is 0 Å². The van der Waals surface area contributed by atoms with Crippen molar-refractivity contribution in [1.29, 1.82) is 0 Å². The third kappa shape index (κ3) is 3.90. The Bertz CT molecular complexity index is 1210. The van der Waals surface area contributed by atoms with Crippen LogP contribution in [0.3, 0.4) is 0 Å². The molecule has 0 spiro atoms. The van der Waals surface area contributed by atoms with Crippen molar-refractivity contribution in [2.45, 2.75) is 11.4 Å². The molecule has 148 valence electrons. The Morgan fingerprint density at radius 2 is 1.86 bits per heavy atom. The number of thiazole rings is 1. The number of benzene rings is 2. The summed E-state index contributed by atoms with van der Waals surface area (Å²) in [4.78, 5) is 11.4. The van der Waals surface area contributed by atoms with Crippen molar-refractivity contribution in [2.24, 2.45) is 4.40 Å². The lowest BCUT2D eigenvalue weighted by Gasteiger charge is -2.05. The third-order valence-corrected chi connectivity index (χ3v) is 6.19. The smallest absolute Gasteiger partial charge is 0.325 e. The number of sulfonamides is 1. The summed E-state index contributed by atoms with van der Waals surface area (Å²) >= 11 is 0.739. The van der Waals surface area contributed by atoms with Gasteiger partial charge in [0.2, 0.25) is 4.80 Å². The molecule has 0 radical (unpaired) electrons. The third-order valence-electron chi connectivity index (χ3n) is 3.77. The molecule has 3 rings (SSSR count). The molecule has 2 aromatic carbocycles. The Morgan fingerprint density at radius 1 is 1.18 bits per heavy atom. The highest BCUT2D eigenvalue weighted by molar-refractivity contribution is 7.90. The first-order valence-electron chi connectivity index (χ1n) is 7.75. The number of fused-ring (bicyclic) bond motifs is 1. The second-order valence-corrected chi connectivity index (χ2v) is 8.14. The number of ether oxygens (including phenoxy) is 2. The quantitative estimate of drug-likeness (QED) is 0.583. The van der Waals surface area contributed by atoms with Gasteiger partial charge in [-0.1, -0.05) is 11.3 Å². The van der Waals surface area contributed by atoms with Gasteiger partial charge in [-0.2, -0.15) is 8.42 Å². The summed E-state index contributed by atoms with van der Waals surface area (Å²) < 4.78 is 67.6. The van der Waals surface area contributed by atoms with Crippen molar-refractivity contribution in [3.05, 3.63) is 52.8 Å². The number of carbonyl (C=O) groups excluding carboxylic acids is 1. The fourth-order valence-electron chi connectivity index (χ4n) is 2.44. The van der Waals surface area contributed by atoms with Gasteiger partial charge in [0.25, 0.3) is 10.0 Å². The Kier molecular flexibility index (Phi) is 5.47. The largest absolute Gasteiger partial charge is 0.497 e. The van der Waals surface area contributed by atoms with Crippen molar-refractivity contribution in [1.82, 2.24) is 4.57 Å². The molecule has 0 unspecified atom stereocenters. The molecule has 0 saturated carbocycles. The summed E-state index contributed by atoms with van der Waals surface area (Å²) in [6.45, 7) is -0.490. The van der Waals surface area contributed by atoms with Crippen molar-refractivity contribution in [3.8, 4) is 5.75 Å². The molecule has 0 aliphatic rings. The van der Waals surface area contributed by atoms with E-state index in [1.165, 1.54) is 31.4 Å². The van der Waals surface area contributed by atoms with Crippen molar-refractivity contribution < 1.29 is 31.5 Å². The topological polar surface area (TPSA) is 87.0 Å². The first kappa shape index (κ1) is 20.0. The SMILES string of the molecule is COC(=O)Cn1c(=NS(=O)(=O)c2ccc(OC)cc2)sc2cc(F)cc(F)c21. The van der Waals surface area contributed by atoms with Gasteiger partial charge in [0.15, 0.2) is 5.82 Å². The average molecular weight is 428 g/mol. The average Bonchev–Trinajstić information content (AvgIpc) is 2.97. The maximum absolute atomic E-state index is 14.3. The number of halogens is 2. The molecule has 0 aliphatic carbocycles. The second kappa shape index (κ2) is 7.68. The molecule has 3 aromatic rings. The number of hydrogen-bond donors (Lipinski definition) is 0. The fourth-order valence-corrected chi connectivity index (χ4v) is 4.71. The highest BCUT2D eigenvalue weighted by atomic mass is 32.2. The summed E-state index contributed by atoms with van der Waals surface area (Å²) in [5.74, 6) is -2.06. The van der Waals surface area contributed by atoms with E-state index in [9.17, 15) is 22.0 Å². The van der Waals surface area contributed by atoms with E-state index < -0.39 is 34.2 Å². The van der Waals surface area contributed by atoms with Crippen LogP contribution >= 0.6 is 11.3 Å². The highest BCUT2D eigenvalue weighted by Crippen LogP contribution is 2.23. The molecule has 0 amide bonds. The number of aromatic nitrogens is 1. The van der Waals surface area contributed by atoms with Crippen molar-refractivity contribution in [2.75, 3.05) is 14.2 Å². The van der Waals surface area contributed by atoms with Gasteiger partial charge in [-0.05, 0) is 30.3 Å². The predicted octanol–water partition coefficient (Wildman–Crippen LogP) is 2.45. The second-order valence-electron chi connectivity index (χ2n) is 5.52. The number of hydrogen-bond acceptors (Lipinski definition) is 6. The van der Waals surface area contributed by atoms with Gasteiger partial charge >= 0.3 is 5.97 Å². The van der Waals surface area contributed by atoms with Gasteiger partial charge in [-0.15, -0.1) is 4.40 Å². The summed E-state index contributed by atoms with van der Waals surface area (Å²) in [5.41, 5.74) is -0.138. The molecule has 0 aliphatic heterocycles. The van der Waals surface area contributed by atoms with Gasteiger partial charge in [0.1, 0.15) is 18.1 Å². The molecule has 1 aromatic heterocycles. The van der Waals surface area contributed by atoms with Crippen LogP contribution in [0.2, 0.25) is 0 Å². The zero-order valence-electron chi connectivity index (χ0n) is 14.7. The normalized spacial score (nSPS) is 12.4. The standard InChI is InChI=1S/C17H14F2N2O5S2/c1-25-11-3-5-12(6-4-11)28(23,24)20-17-21(9-15(22)26-2)16-13(19)7-10(18)8-14(16)27-17/h3-8H,9H2,1-2H3. The maximum atomic E-state index is 14.3. The molecule has 7 nitrogen and oxygen atoms in total. The number of rotatable bonds is 5. The van der Waals surface area contributed by atoms with Crippen LogP contribution < -0.4 is 9.54 Å². The fraction of sp³-hybridized carbons (Fsp3) is 0.176. The minimum absolute atomic E-state index is 0.102. The van der Waals surface area contributed by atoms with Crippen LogP contribution in [0.5, 0.6) is 5.75 Å². The zero-order valence-corrected chi connectivity index (χ0v) is 16.3.